The van der Waals surface area contributed by atoms with E-state index in [0.29, 0.717) is 0 Å². The number of aromatic nitrogens is 4. The van der Waals surface area contributed by atoms with Crippen molar-refractivity contribution in [2.45, 2.75) is 13.8 Å². The smallest absolute Gasteiger partial charge is 0.184 e. The van der Waals surface area contributed by atoms with Crippen LogP contribution in [0.25, 0.3) is 22.1 Å². The van der Waals surface area contributed by atoms with Crippen LogP contribution in [0.3, 0.4) is 0 Å². The van der Waals surface area contributed by atoms with E-state index in [4.69, 9.17) is 0 Å². The van der Waals surface area contributed by atoms with Crippen molar-refractivity contribution in [3.05, 3.63) is 41.0 Å². The monoisotopic (exact) mass is 256 g/mol. The van der Waals surface area contributed by atoms with Gasteiger partial charge in [-0.2, -0.15) is 5.10 Å². The van der Waals surface area contributed by atoms with E-state index in [0.717, 1.165) is 16.5 Å². The van der Waals surface area contributed by atoms with E-state index in [1.807, 2.05) is 0 Å². The van der Waals surface area contributed by atoms with Gasteiger partial charge in [0.25, 0.3) is 0 Å². The fourth-order valence-corrected chi connectivity index (χ4v) is 2.59. The van der Waals surface area contributed by atoms with Crippen LogP contribution in [0.2, 0.25) is 0 Å². The zero-order chi connectivity index (χ0) is 12.5. The van der Waals surface area contributed by atoms with E-state index in [1.165, 1.54) is 23.0 Å². The van der Waals surface area contributed by atoms with Crippen molar-refractivity contribution < 1.29 is 0 Å². The predicted octanol–water partition coefficient (Wildman–Crippen LogP) is 3.21. The van der Waals surface area contributed by atoms with Crippen molar-refractivity contribution in [2.75, 3.05) is 0 Å². The summed E-state index contributed by atoms with van der Waals surface area (Å²) in [6.45, 7) is 4.19. The summed E-state index contributed by atoms with van der Waals surface area (Å²) >= 11 is 1.57. The normalized spacial score (nSPS) is 10.8. The lowest BCUT2D eigenvalue weighted by Gasteiger charge is -2.03. The molecule has 0 aliphatic carbocycles. The van der Waals surface area contributed by atoms with Crippen LogP contribution in [0.4, 0.5) is 0 Å². The maximum absolute atomic E-state index is 4.61. The van der Waals surface area contributed by atoms with Crippen LogP contribution in [0.5, 0.6) is 0 Å². The summed E-state index contributed by atoms with van der Waals surface area (Å²) < 4.78 is 0. The van der Waals surface area contributed by atoms with Gasteiger partial charge in [-0.05, 0) is 25.5 Å². The molecule has 4 nitrogen and oxygen atoms in total. The zero-order valence-corrected chi connectivity index (χ0v) is 11.0. The topological polar surface area (TPSA) is 54.5 Å². The molecule has 0 aliphatic heterocycles. The SMILES string of the molecule is Cc1ccc(C)c(-c2csc(-c3ncn[nH]3)n2)c1. The fourth-order valence-electron chi connectivity index (χ4n) is 1.83. The van der Waals surface area contributed by atoms with Crippen molar-refractivity contribution in [1.82, 2.24) is 20.2 Å². The van der Waals surface area contributed by atoms with Gasteiger partial charge in [0.2, 0.25) is 0 Å². The fraction of sp³-hybridized carbons (Fsp3) is 0.154. The number of nitrogens with one attached hydrogen (secondary N) is 1. The molecule has 2 heterocycles. The molecule has 3 aromatic rings. The van der Waals surface area contributed by atoms with E-state index in [-0.39, 0.29) is 0 Å². The molecule has 1 aromatic carbocycles. The maximum atomic E-state index is 4.61. The summed E-state index contributed by atoms with van der Waals surface area (Å²) in [5.74, 6) is 0.719. The van der Waals surface area contributed by atoms with Crippen LogP contribution in [-0.4, -0.2) is 20.2 Å². The summed E-state index contributed by atoms with van der Waals surface area (Å²) in [4.78, 5) is 8.72. The Balaban J connectivity index is 2.05. The van der Waals surface area contributed by atoms with Crippen LogP contribution in [0.1, 0.15) is 11.1 Å². The second-order valence-electron chi connectivity index (χ2n) is 4.19. The van der Waals surface area contributed by atoms with Crippen molar-refractivity contribution in [2.24, 2.45) is 0 Å². The molecule has 18 heavy (non-hydrogen) atoms. The first-order chi connectivity index (χ1) is 8.74. The molecule has 90 valence electrons. The number of hydrogen-bond acceptors (Lipinski definition) is 4. The molecule has 0 bridgehead atoms. The summed E-state index contributed by atoms with van der Waals surface area (Å²) in [5.41, 5.74) is 4.64. The highest BCUT2D eigenvalue weighted by molar-refractivity contribution is 7.13. The highest BCUT2D eigenvalue weighted by Gasteiger charge is 2.10. The Labute approximate surface area is 109 Å². The lowest BCUT2D eigenvalue weighted by Crippen LogP contribution is -1.86. The molecule has 0 amide bonds. The van der Waals surface area contributed by atoms with E-state index in [2.05, 4.69) is 57.6 Å². The Morgan fingerprint density at radius 1 is 1.22 bits per heavy atom. The minimum atomic E-state index is 0.719. The minimum absolute atomic E-state index is 0.719. The van der Waals surface area contributed by atoms with Crippen molar-refractivity contribution in [3.63, 3.8) is 0 Å². The molecule has 0 spiro atoms. The summed E-state index contributed by atoms with van der Waals surface area (Å²) in [7, 11) is 0. The van der Waals surface area contributed by atoms with E-state index in [1.54, 1.807) is 11.3 Å². The Hall–Kier alpha value is -2.01. The molecule has 0 unspecified atom stereocenters. The quantitative estimate of drug-likeness (QED) is 0.766. The van der Waals surface area contributed by atoms with Gasteiger partial charge in [-0.15, -0.1) is 11.3 Å². The maximum Gasteiger partial charge on any atom is 0.184 e. The number of benzene rings is 1. The lowest BCUT2D eigenvalue weighted by atomic mass is 10.0. The first kappa shape index (κ1) is 11.1. The first-order valence-electron chi connectivity index (χ1n) is 5.63. The minimum Gasteiger partial charge on any atom is -0.257 e. The van der Waals surface area contributed by atoms with Gasteiger partial charge in [0, 0.05) is 10.9 Å². The summed E-state index contributed by atoms with van der Waals surface area (Å²) in [5, 5.41) is 9.59. The first-order valence-corrected chi connectivity index (χ1v) is 6.51. The number of nitrogens with zero attached hydrogens (tertiary/aromatic N) is 3. The lowest BCUT2D eigenvalue weighted by molar-refractivity contribution is 1.09. The van der Waals surface area contributed by atoms with Gasteiger partial charge in [0.05, 0.1) is 5.69 Å². The van der Waals surface area contributed by atoms with Crippen LogP contribution in [0, 0.1) is 13.8 Å². The van der Waals surface area contributed by atoms with Gasteiger partial charge in [-0.3, -0.25) is 5.10 Å². The van der Waals surface area contributed by atoms with Gasteiger partial charge in [0.1, 0.15) is 6.33 Å². The molecular formula is C13H12N4S. The Morgan fingerprint density at radius 3 is 2.89 bits per heavy atom. The number of hydrogen-bond donors (Lipinski definition) is 1. The van der Waals surface area contributed by atoms with Crippen molar-refractivity contribution in [1.29, 1.82) is 0 Å². The molecule has 1 N–H and O–H groups in total. The van der Waals surface area contributed by atoms with E-state index < -0.39 is 0 Å². The largest absolute Gasteiger partial charge is 0.257 e. The zero-order valence-electron chi connectivity index (χ0n) is 10.1. The van der Waals surface area contributed by atoms with Crippen LogP contribution >= 0.6 is 11.3 Å². The molecule has 0 radical (unpaired) electrons. The molecule has 5 heteroatoms. The standard InChI is InChI=1S/C13H12N4S/c1-8-3-4-9(2)10(5-8)11-6-18-13(16-11)12-14-7-15-17-12/h3-7H,1-2H3,(H,14,15,17). The third kappa shape index (κ3) is 1.93. The second-order valence-corrected chi connectivity index (χ2v) is 5.05. The molecule has 2 aromatic heterocycles. The van der Waals surface area contributed by atoms with Gasteiger partial charge in [0.15, 0.2) is 10.8 Å². The Morgan fingerprint density at radius 2 is 2.11 bits per heavy atom. The highest BCUT2D eigenvalue weighted by Crippen LogP contribution is 2.29. The number of rotatable bonds is 2. The van der Waals surface area contributed by atoms with Crippen LogP contribution in [-0.2, 0) is 0 Å². The molecule has 0 saturated carbocycles. The van der Waals surface area contributed by atoms with Gasteiger partial charge in [-0.1, -0.05) is 17.7 Å². The number of H-pyrrole nitrogens is 1. The highest BCUT2D eigenvalue weighted by atomic mass is 32.1. The number of thiazole rings is 1. The van der Waals surface area contributed by atoms with Gasteiger partial charge >= 0.3 is 0 Å². The third-order valence-electron chi connectivity index (χ3n) is 2.79. The molecule has 0 aliphatic rings. The van der Waals surface area contributed by atoms with Crippen LogP contribution < -0.4 is 0 Å². The molecule has 0 atom stereocenters. The van der Waals surface area contributed by atoms with Crippen molar-refractivity contribution in [3.8, 4) is 22.1 Å². The molecular weight excluding hydrogens is 244 g/mol. The second kappa shape index (κ2) is 4.34. The molecule has 0 saturated heterocycles. The average molecular weight is 256 g/mol. The summed E-state index contributed by atoms with van der Waals surface area (Å²) in [6, 6.07) is 6.40. The van der Waals surface area contributed by atoms with Gasteiger partial charge in [-0.25, -0.2) is 9.97 Å². The number of aryl methyl sites for hydroxylation is 2. The van der Waals surface area contributed by atoms with E-state index >= 15 is 0 Å². The number of aromatic amines is 1. The van der Waals surface area contributed by atoms with Gasteiger partial charge < -0.3 is 0 Å². The summed E-state index contributed by atoms with van der Waals surface area (Å²) in [6.07, 6.45) is 1.49. The van der Waals surface area contributed by atoms with E-state index in [9.17, 15) is 0 Å². The predicted molar refractivity (Wildman–Crippen MR) is 72.4 cm³/mol. The third-order valence-corrected chi connectivity index (χ3v) is 3.64. The average Bonchev–Trinajstić information content (AvgIpc) is 3.00. The molecule has 0 fully saturated rings. The Kier molecular flexibility index (Phi) is 2.68. The Bertz CT molecular complexity index is 670. The molecule has 3 rings (SSSR count). The van der Waals surface area contributed by atoms with Crippen molar-refractivity contribution >= 4 is 11.3 Å². The van der Waals surface area contributed by atoms with Crippen LogP contribution in [0.15, 0.2) is 29.9 Å².